The maximum atomic E-state index is 12.0. The van der Waals surface area contributed by atoms with E-state index in [-0.39, 0.29) is 22.8 Å². The second kappa shape index (κ2) is 20.6. The van der Waals surface area contributed by atoms with Crippen molar-refractivity contribution in [2.45, 2.75) is 66.2 Å². The van der Waals surface area contributed by atoms with E-state index in [0.29, 0.717) is 47.7 Å². The Morgan fingerprint density at radius 3 is 1.97 bits per heavy atom. The van der Waals surface area contributed by atoms with Crippen LogP contribution < -0.4 is 11.1 Å². The molecule has 0 aromatic heterocycles. The van der Waals surface area contributed by atoms with Gasteiger partial charge in [0.25, 0.3) is 0 Å². The highest BCUT2D eigenvalue weighted by Gasteiger charge is 2.11. The summed E-state index contributed by atoms with van der Waals surface area (Å²) in [6.07, 6.45) is 8.68. The SMILES string of the molecule is CCC(=O)c1ccccc1N.CCC(=O)c1ccccc1NC(=O)CCCC/C=C/C(C)C.ClCCl. The van der Waals surface area contributed by atoms with Gasteiger partial charge in [-0.05, 0) is 49.4 Å². The minimum atomic E-state index is -0.0239. The number of benzene rings is 2. The molecule has 0 unspecified atom stereocenters. The molecule has 0 bridgehead atoms. The molecule has 1 amide bonds. The van der Waals surface area contributed by atoms with E-state index in [1.54, 1.807) is 24.3 Å². The molecule has 7 heteroatoms. The molecule has 0 heterocycles. The number of nitrogens with one attached hydrogen (secondary N) is 1. The molecule has 2 aromatic rings. The average Bonchev–Trinajstić information content (AvgIpc) is 2.86. The Labute approximate surface area is 226 Å². The van der Waals surface area contributed by atoms with Gasteiger partial charge >= 0.3 is 0 Å². The van der Waals surface area contributed by atoms with Crippen molar-refractivity contribution in [3.05, 3.63) is 71.8 Å². The lowest BCUT2D eigenvalue weighted by molar-refractivity contribution is -0.116. The molecule has 3 N–H and O–H groups in total. The van der Waals surface area contributed by atoms with Gasteiger partial charge in [0.1, 0.15) is 0 Å². The summed E-state index contributed by atoms with van der Waals surface area (Å²) in [6, 6.07) is 14.3. The zero-order chi connectivity index (χ0) is 27.3. The Bertz CT molecular complexity index is 959. The van der Waals surface area contributed by atoms with E-state index in [0.717, 1.165) is 19.3 Å². The van der Waals surface area contributed by atoms with Crippen LogP contribution in [0, 0.1) is 5.92 Å². The fraction of sp³-hybridized carbons (Fsp3) is 0.414. The molecule has 0 aliphatic heterocycles. The first-order valence-electron chi connectivity index (χ1n) is 12.3. The van der Waals surface area contributed by atoms with Crippen molar-refractivity contribution in [1.29, 1.82) is 0 Å². The summed E-state index contributed by atoms with van der Waals surface area (Å²) in [5, 5.41) is 3.05. The normalized spacial score (nSPS) is 10.2. The van der Waals surface area contributed by atoms with Crippen LogP contribution in [-0.4, -0.2) is 22.8 Å². The molecule has 198 valence electrons. The van der Waals surface area contributed by atoms with Crippen LogP contribution in [0.5, 0.6) is 0 Å². The minimum absolute atomic E-state index is 0.0239. The smallest absolute Gasteiger partial charge is 0.224 e. The molecule has 36 heavy (non-hydrogen) atoms. The molecule has 0 saturated carbocycles. The van der Waals surface area contributed by atoms with E-state index >= 15 is 0 Å². The number of rotatable bonds is 11. The van der Waals surface area contributed by atoms with Crippen LogP contribution in [0.3, 0.4) is 0 Å². The molecule has 0 atom stereocenters. The fourth-order valence-electron chi connectivity index (χ4n) is 3.10. The summed E-state index contributed by atoms with van der Waals surface area (Å²) in [7, 11) is 0. The van der Waals surface area contributed by atoms with Crippen LogP contribution in [0.4, 0.5) is 11.4 Å². The van der Waals surface area contributed by atoms with E-state index in [4.69, 9.17) is 28.9 Å². The standard InChI is InChI=1S/C19H27NO2.C9H11NO.CH2Cl2/c1-4-18(21)16-12-9-10-13-17(16)20-19(22)14-8-6-5-7-11-15(2)3;1-2-9(11)7-5-3-4-6-8(7)10;2-1-3/h7,9-13,15H,4-6,8,14H2,1-3H3,(H,20,22);3-6H,2,10H2,1H3;1H2/b11-7+;;. The minimum Gasteiger partial charge on any atom is -0.398 e. The molecule has 0 saturated heterocycles. The van der Waals surface area contributed by atoms with Crippen LogP contribution in [0.15, 0.2) is 60.7 Å². The lowest BCUT2D eigenvalue weighted by Gasteiger charge is -2.09. The number of Topliss-reactive ketones (excluding diaryl/α,β-unsaturated/α-hetero) is 2. The number of unbranched alkanes of at least 4 members (excludes halogenated alkanes) is 2. The summed E-state index contributed by atoms with van der Waals surface area (Å²) < 4.78 is 0. The summed E-state index contributed by atoms with van der Waals surface area (Å²) >= 11 is 9.53. The molecule has 0 radical (unpaired) electrons. The Morgan fingerprint density at radius 2 is 1.42 bits per heavy atom. The van der Waals surface area contributed by atoms with Crippen molar-refractivity contribution in [3.8, 4) is 0 Å². The summed E-state index contributed by atoms with van der Waals surface area (Å²) in [5.74, 6) is 0.706. The molecular formula is C29H40Cl2N2O3. The maximum Gasteiger partial charge on any atom is 0.224 e. The first-order chi connectivity index (χ1) is 17.2. The second-order valence-corrected chi connectivity index (χ2v) is 9.06. The Balaban J connectivity index is 0.000000725. The van der Waals surface area contributed by atoms with Crippen molar-refractivity contribution in [3.63, 3.8) is 0 Å². The van der Waals surface area contributed by atoms with Gasteiger partial charge in [0.2, 0.25) is 5.91 Å². The van der Waals surface area contributed by atoms with Crippen molar-refractivity contribution >= 4 is 52.1 Å². The molecular weight excluding hydrogens is 495 g/mol. The molecule has 2 aromatic carbocycles. The van der Waals surface area contributed by atoms with Gasteiger partial charge in [-0.25, -0.2) is 0 Å². The van der Waals surface area contributed by atoms with Gasteiger partial charge in [0.05, 0.1) is 11.0 Å². The van der Waals surface area contributed by atoms with Crippen LogP contribution >= 0.6 is 23.2 Å². The van der Waals surface area contributed by atoms with Gasteiger partial charge < -0.3 is 11.1 Å². The summed E-state index contributed by atoms with van der Waals surface area (Å²) in [5.41, 5.74) is 8.00. The number of amides is 1. The van der Waals surface area contributed by atoms with E-state index in [9.17, 15) is 14.4 Å². The topological polar surface area (TPSA) is 89.3 Å². The van der Waals surface area contributed by atoms with E-state index in [1.807, 2.05) is 38.1 Å². The number of nitrogen functional groups attached to an aromatic ring is 1. The number of hydrogen-bond acceptors (Lipinski definition) is 4. The highest BCUT2D eigenvalue weighted by Crippen LogP contribution is 2.17. The third kappa shape index (κ3) is 14.7. The highest BCUT2D eigenvalue weighted by atomic mass is 35.5. The molecule has 2 rings (SSSR count). The zero-order valence-corrected chi connectivity index (χ0v) is 23.4. The highest BCUT2D eigenvalue weighted by molar-refractivity contribution is 6.40. The average molecular weight is 536 g/mol. The number of allylic oxidation sites excluding steroid dienone is 2. The second-order valence-electron chi connectivity index (χ2n) is 8.25. The first-order valence-corrected chi connectivity index (χ1v) is 13.4. The van der Waals surface area contributed by atoms with Gasteiger partial charge in [0.15, 0.2) is 11.6 Å². The van der Waals surface area contributed by atoms with E-state index in [1.165, 1.54) is 0 Å². The van der Waals surface area contributed by atoms with Gasteiger partial charge in [0, 0.05) is 36.1 Å². The third-order valence-electron chi connectivity index (χ3n) is 4.95. The first kappa shape index (κ1) is 33.4. The van der Waals surface area contributed by atoms with Crippen molar-refractivity contribution in [1.82, 2.24) is 0 Å². The van der Waals surface area contributed by atoms with Crippen molar-refractivity contribution in [2.24, 2.45) is 5.92 Å². The number of ketones is 2. The van der Waals surface area contributed by atoms with Crippen LogP contribution in [-0.2, 0) is 4.79 Å². The zero-order valence-electron chi connectivity index (χ0n) is 21.9. The van der Waals surface area contributed by atoms with E-state index < -0.39 is 0 Å². The van der Waals surface area contributed by atoms with Crippen LogP contribution in [0.1, 0.15) is 86.9 Å². The Hall–Kier alpha value is -2.63. The number of para-hydroxylation sites is 2. The lowest BCUT2D eigenvalue weighted by atomic mass is 10.1. The van der Waals surface area contributed by atoms with Gasteiger partial charge in [-0.15, -0.1) is 23.2 Å². The van der Waals surface area contributed by atoms with Gasteiger partial charge in [-0.1, -0.05) is 64.1 Å². The monoisotopic (exact) mass is 534 g/mol. The largest absolute Gasteiger partial charge is 0.398 e. The van der Waals surface area contributed by atoms with Gasteiger partial charge in [-0.3, -0.25) is 14.4 Å². The fourth-order valence-corrected chi connectivity index (χ4v) is 3.10. The summed E-state index contributed by atoms with van der Waals surface area (Å²) in [6.45, 7) is 7.96. The quantitative estimate of drug-likeness (QED) is 0.0996. The Morgan fingerprint density at radius 1 is 0.889 bits per heavy atom. The van der Waals surface area contributed by atoms with Crippen molar-refractivity contribution in [2.75, 3.05) is 16.4 Å². The third-order valence-corrected chi connectivity index (χ3v) is 4.95. The van der Waals surface area contributed by atoms with Crippen molar-refractivity contribution < 1.29 is 14.4 Å². The molecule has 0 spiro atoms. The summed E-state index contributed by atoms with van der Waals surface area (Å²) in [4.78, 5) is 35.0. The van der Waals surface area contributed by atoms with Crippen LogP contribution in [0.2, 0.25) is 0 Å². The van der Waals surface area contributed by atoms with Crippen LogP contribution in [0.25, 0.3) is 0 Å². The number of halogens is 2. The molecule has 5 nitrogen and oxygen atoms in total. The predicted octanol–water partition coefficient (Wildman–Crippen LogP) is 8.27. The lowest BCUT2D eigenvalue weighted by Crippen LogP contribution is -2.14. The molecule has 0 aliphatic rings. The predicted molar refractivity (Wildman–Crippen MR) is 154 cm³/mol. The van der Waals surface area contributed by atoms with Gasteiger partial charge in [-0.2, -0.15) is 0 Å². The number of carbonyl (C=O) groups excluding carboxylic acids is 3. The molecule has 0 fully saturated rings. The number of anilines is 2. The maximum absolute atomic E-state index is 12.0. The number of alkyl halides is 2. The number of carbonyl (C=O) groups is 3. The van der Waals surface area contributed by atoms with E-state index in [2.05, 4.69) is 31.3 Å². The number of hydrogen-bond donors (Lipinski definition) is 2. The Kier molecular flexibility index (Phi) is 19.0. The number of nitrogens with two attached hydrogens (primary N) is 1. The molecule has 0 aliphatic carbocycles.